The van der Waals surface area contributed by atoms with Gasteiger partial charge in [0.2, 0.25) is 0 Å². The number of anilines is 1. The lowest BCUT2D eigenvalue weighted by atomic mass is 10.1. The van der Waals surface area contributed by atoms with Crippen molar-refractivity contribution < 1.29 is 4.79 Å². The van der Waals surface area contributed by atoms with Crippen LogP contribution in [0, 0.1) is 11.3 Å². The Bertz CT molecular complexity index is 746. The predicted octanol–water partition coefficient (Wildman–Crippen LogP) is 2.74. The number of nitriles is 1. The highest BCUT2D eigenvalue weighted by Crippen LogP contribution is 2.28. The Balaban J connectivity index is 1.60. The standard InChI is InChI=1S/C19H19N3O/c1-14(22-11-10-16-4-2-3-5-18(16)22)13-21-19(23)17-8-6-15(12-20)7-9-17/h2-9,14H,10-11,13H2,1H3,(H,21,23). The van der Waals surface area contributed by atoms with Gasteiger partial charge in [0.25, 0.3) is 5.91 Å². The third kappa shape index (κ3) is 3.19. The molecule has 116 valence electrons. The summed E-state index contributed by atoms with van der Waals surface area (Å²) in [6.45, 7) is 3.71. The number of hydrogen-bond donors (Lipinski definition) is 1. The first-order valence-electron chi connectivity index (χ1n) is 7.82. The maximum absolute atomic E-state index is 12.2. The van der Waals surface area contributed by atoms with E-state index in [1.54, 1.807) is 24.3 Å². The summed E-state index contributed by atoms with van der Waals surface area (Å²) in [6.07, 6.45) is 1.06. The van der Waals surface area contributed by atoms with Crippen molar-refractivity contribution in [3.63, 3.8) is 0 Å². The second kappa shape index (κ2) is 6.53. The van der Waals surface area contributed by atoms with E-state index >= 15 is 0 Å². The maximum Gasteiger partial charge on any atom is 0.251 e. The molecule has 4 heteroatoms. The molecule has 0 spiro atoms. The number of carbonyl (C=O) groups is 1. The Morgan fingerprint density at radius 2 is 2.00 bits per heavy atom. The molecule has 1 aliphatic heterocycles. The lowest BCUT2D eigenvalue weighted by Crippen LogP contribution is -2.41. The van der Waals surface area contributed by atoms with E-state index < -0.39 is 0 Å². The Labute approximate surface area is 136 Å². The number of hydrogen-bond acceptors (Lipinski definition) is 3. The Morgan fingerprint density at radius 3 is 2.74 bits per heavy atom. The minimum Gasteiger partial charge on any atom is -0.366 e. The fourth-order valence-corrected chi connectivity index (χ4v) is 2.97. The molecule has 1 N–H and O–H groups in total. The average molecular weight is 305 g/mol. The van der Waals surface area contributed by atoms with Crippen LogP contribution in [0.5, 0.6) is 0 Å². The monoisotopic (exact) mass is 305 g/mol. The van der Waals surface area contributed by atoms with Gasteiger partial charge in [0, 0.05) is 30.4 Å². The first-order valence-corrected chi connectivity index (χ1v) is 7.82. The Hall–Kier alpha value is -2.80. The largest absolute Gasteiger partial charge is 0.366 e. The van der Waals surface area contributed by atoms with E-state index in [2.05, 4.69) is 47.5 Å². The van der Waals surface area contributed by atoms with E-state index in [4.69, 9.17) is 5.26 Å². The van der Waals surface area contributed by atoms with Crippen LogP contribution in [0.15, 0.2) is 48.5 Å². The first-order chi connectivity index (χ1) is 11.2. The van der Waals surface area contributed by atoms with Crippen LogP contribution in [0.2, 0.25) is 0 Å². The number of fused-ring (bicyclic) bond motifs is 1. The number of amides is 1. The van der Waals surface area contributed by atoms with Gasteiger partial charge in [-0.15, -0.1) is 0 Å². The van der Waals surface area contributed by atoms with Crippen molar-refractivity contribution in [1.29, 1.82) is 5.26 Å². The summed E-state index contributed by atoms with van der Waals surface area (Å²) in [6, 6.07) is 17.4. The summed E-state index contributed by atoms with van der Waals surface area (Å²) < 4.78 is 0. The zero-order valence-electron chi connectivity index (χ0n) is 13.1. The average Bonchev–Trinajstić information content (AvgIpc) is 3.03. The number of carbonyl (C=O) groups excluding carboxylic acids is 1. The summed E-state index contributed by atoms with van der Waals surface area (Å²) in [4.78, 5) is 14.5. The van der Waals surface area contributed by atoms with Crippen LogP contribution in [0.1, 0.15) is 28.4 Å². The molecule has 0 aliphatic carbocycles. The van der Waals surface area contributed by atoms with E-state index in [-0.39, 0.29) is 11.9 Å². The van der Waals surface area contributed by atoms with Crippen LogP contribution in [0.3, 0.4) is 0 Å². The van der Waals surface area contributed by atoms with E-state index in [1.807, 2.05) is 0 Å². The molecule has 4 nitrogen and oxygen atoms in total. The molecule has 1 atom stereocenters. The van der Waals surface area contributed by atoms with Gasteiger partial charge in [-0.1, -0.05) is 18.2 Å². The molecule has 0 radical (unpaired) electrons. The molecular weight excluding hydrogens is 286 g/mol. The van der Waals surface area contributed by atoms with Crippen LogP contribution in [-0.2, 0) is 6.42 Å². The number of benzene rings is 2. The minimum atomic E-state index is -0.103. The van der Waals surface area contributed by atoms with Gasteiger partial charge in [0.05, 0.1) is 11.6 Å². The van der Waals surface area contributed by atoms with Crippen molar-refractivity contribution >= 4 is 11.6 Å². The van der Waals surface area contributed by atoms with Gasteiger partial charge in [-0.25, -0.2) is 0 Å². The fourth-order valence-electron chi connectivity index (χ4n) is 2.97. The molecule has 0 saturated carbocycles. The van der Waals surface area contributed by atoms with Gasteiger partial charge in [0.15, 0.2) is 0 Å². The molecule has 0 fully saturated rings. The number of nitrogens with one attached hydrogen (secondary N) is 1. The van der Waals surface area contributed by atoms with E-state index in [1.165, 1.54) is 11.3 Å². The van der Waals surface area contributed by atoms with Crippen LogP contribution in [0.25, 0.3) is 0 Å². The molecule has 1 aliphatic rings. The smallest absolute Gasteiger partial charge is 0.251 e. The predicted molar refractivity (Wildman–Crippen MR) is 90.4 cm³/mol. The molecule has 0 saturated heterocycles. The van der Waals surface area contributed by atoms with Crippen molar-refractivity contribution in [1.82, 2.24) is 5.32 Å². The molecule has 2 aromatic carbocycles. The van der Waals surface area contributed by atoms with Crippen molar-refractivity contribution in [3.05, 3.63) is 65.2 Å². The first kappa shape index (κ1) is 15.1. The molecule has 2 aromatic rings. The van der Waals surface area contributed by atoms with Gasteiger partial charge < -0.3 is 10.2 Å². The Morgan fingerprint density at radius 1 is 1.26 bits per heavy atom. The summed E-state index contributed by atoms with van der Waals surface area (Å²) in [5.41, 5.74) is 3.78. The highest BCUT2D eigenvalue weighted by molar-refractivity contribution is 5.94. The van der Waals surface area contributed by atoms with Crippen LogP contribution >= 0.6 is 0 Å². The van der Waals surface area contributed by atoms with Gasteiger partial charge in [-0.3, -0.25) is 4.79 Å². The normalized spacial score (nSPS) is 14.0. The summed E-state index contributed by atoms with van der Waals surface area (Å²) >= 11 is 0. The van der Waals surface area contributed by atoms with Crippen molar-refractivity contribution in [2.45, 2.75) is 19.4 Å². The molecule has 1 amide bonds. The summed E-state index contributed by atoms with van der Waals surface area (Å²) in [5, 5.41) is 11.8. The van der Waals surface area contributed by atoms with Crippen LogP contribution < -0.4 is 10.2 Å². The zero-order valence-corrected chi connectivity index (χ0v) is 13.1. The van der Waals surface area contributed by atoms with Crippen molar-refractivity contribution in [3.8, 4) is 6.07 Å². The van der Waals surface area contributed by atoms with Crippen LogP contribution in [-0.4, -0.2) is 25.0 Å². The second-order valence-electron chi connectivity index (χ2n) is 5.82. The minimum absolute atomic E-state index is 0.103. The molecule has 1 unspecified atom stereocenters. The zero-order chi connectivity index (χ0) is 16.2. The summed E-state index contributed by atoms with van der Waals surface area (Å²) in [7, 11) is 0. The lowest BCUT2D eigenvalue weighted by molar-refractivity contribution is 0.0951. The molecular formula is C19H19N3O. The number of para-hydroxylation sites is 1. The van der Waals surface area contributed by atoms with Gasteiger partial charge in [0.1, 0.15) is 0 Å². The topological polar surface area (TPSA) is 56.1 Å². The maximum atomic E-state index is 12.2. The molecule has 3 rings (SSSR count). The summed E-state index contributed by atoms with van der Waals surface area (Å²) in [5.74, 6) is -0.103. The molecule has 23 heavy (non-hydrogen) atoms. The molecule has 0 aromatic heterocycles. The second-order valence-corrected chi connectivity index (χ2v) is 5.82. The van der Waals surface area contributed by atoms with E-state index in [0.717, 1.165) is 13.0 Å². The highest BCUT2D eigenvalue weighted by Gasteiger charge is 2.23. The van der Waals surface area contributed by atoms with Gasteiger partial charge >= 0.3 is 0 Å². The fraction of sp³-hybridized carbons (Fsp3) is 0.263. The van der Waals surface area contributed by atoms with Crippen LogP contribution in [0.4, 0.5) is 5.69 Å². The lowest BCUT2D eigenvalue weighted by Gasteiger charge is -2.27. The van der Waals surface area contributed by atoms with Gasteiger partial charge in [-0.05, 0) is 49.2 Å². The Kier molecular flexibility index (Phi) is 4.29. The van der Waals surface area contributed by atoms with E-state index in [0.29, 0.717) is 17.7 Å². The molecule has 0 bridgehead atoms. The third-order valence-corrected chi connectivity index (χ3v) is 4.29. The molecule has 1 heterocycles. The van der Waals surface area contributed by atoms with Crippen molar-refractivity contribution in [2.75, 3.05) is 18.0 Å². The SMILES string of the molecule is CC(CNC(=O)c1ccc(C#N)cc1)N1CCc2ccccc21. The van der Waals surface area contributed by atoms with E-state index in [9.17, 15) is 4.79 Å². The van der Waals surface area contributed by atoms with Crippen molar-refractivity contribution in [2.24, 2.45) is 0 Å². The third-order valence-electron chi connectivity index (χ3n) is 4.29. The number of nitrogens with zero attached hydrogens (tertiary/aromatic N) is 2. The van der Waals surface area contributed by atoms with Gasteiger partial charge in [-0.2, -0.15) is 5.26 Å². The number of rotatable bonds is 4. The quantitative estimate of drug-likeness (QED) is 0.945. The highest BCUT2D eigenvalue weighted by atomic mass is 16.1.